The number of hydrogen-bond donors (Lipinski definition) is 2. The molecule has 0 bridgehead atoms. The number of H-pyrrole nitrogens is 2. The zero-order valence-corrected chi connectivity index (χ0v) is 26.1. The van der Waals surface area contributed by atoms with Gasteiger partial charge in [-0.1, -0.05) is 32.0 Å². The normalized spacial score (nSPS) is 12.1. The van der Waals surface area contributed by atoms with Crippen LogP contribution in [0.3, 0.4) is 0 Å². The molecule has 230 valence electrons. The van der Waals surface area contributed by atoms with Crippen molar-refractivity contribution in [2.45, 2.75) is 78.2 Å². The predicted octanol–water partition coefficient (Wildman–Crippen LogP) is 7.02. The van der Waals surface area contributed by atoms with Gasteiger partial charge >= 0.3 is 5.97 Å². The summed E-state index contributed by atoms with van der Waals surface area (Å²) in [6, 6.07) is 16.7. The molecule has 2 aromatic carbocycles. The van der Waals surface area contributed by atoms with E-state index >= 15 is 0 Å². The van der Waals surface area contributed by atoms with Crippen LogP contribution in [0.2, 0.25) is 0 Å². The lowest BCUT2D eigenvalue weighted by molar-refractivity contribution is -0.155. The van der Waals surface area contributed by atoms with Gasteiger partial charge in [0.25, 0.3) is 0 Å². The van der Waals surface area contributed by atoms with Crippen molar-refractivity contribution < 1.29 is 28.4 Å². The molecule has 0 fully saturated rings. The van der Waals surface area contributed by atoms with Crippen LogP contribution >= 0.6 is 0 Å². The van der Waals surface area contributed by atoms with Crippen LogP contribution in [0.5, 0.6) is 5.75 Å². The summed E-state index contributed by atoms with van der Waals surface area (Å²) >= 11 is 0. The molecular formula is C35H39N3O6. The molecule has 0 amide bonds. The number of carbonyl (C=O) groups is 3. The number of nitrogens with zero attached hydrogens (tertiary/aromatic N) is 1. The van der Waals surface area contributed by atoms with Gasteiger partial charge in [0.05, 0.1) is 30.1 Å². The molecule has 3 heterocycles. The average Bonchev–Trinajstić information content (AvgIpc) is 3.67. The van der Waals surface area contributed by atoms with Crippen LogP contribution in [-0.4, -0.2) is 44.9 Å². The molecule has 9 nitrogen and oxygen atoms in total. The molecule has 0 saturated heterocycles. The largest absolute Gasteiger partial charge is 0.494 e. The molecular weight excluding hydrogens is 558 g/mol. The van der Waals surface area contributed by atoms with E-state index in [0.717, 1.165) is 33.1 Å². The molecule has 5 rings (SSSR count). The van der Waals surface area contributed by atoms with Crippen molar-refractivity contribution in [2.24, 2.45) is 0 Å². The summed E-state index contributed by atoms with van der Waals surface area (Å²) in [5.74, 6) is 1.03. The van der Waals surface area contributed by atoms with Crippen molar-refractivity contribution in [3.8, 4) is 5.75 Å². The summed E-state index contributed by atoms with van der Waals surface area (Å²) < 4.78 is 16.6. The fourth-order valence-electron chi connectivity index (χ4n) is 4.92. The molecule has 2 N–H and O–H groups in total. The number of esters is 1. The lowest BCUT2D eigenvalue weighted by Gasteiger charge is -2.19. The number of rotatable bonds is 11. The molecule has 9 heteroatoms. The fourth-order valence-corrected chi connectivity index (χ4v) is 4.92. The van der Waals surface area contributed by atoms with E-state index in [-0.39, 0.29) is 42.2 Å². The monoisotopic (exact) mass is 597 g/mol. The van der Waals surface area contributed by atoms with E-state index < -0.39 is 5.60 Å². The molecule has 0 atom stereocenters. The first-order valence-corrected chi connectivity index (χ1v) is 14.8. The van der Waals surface area contributed by atoms with Crippen molar-refractivity contribution in [2.75, 3.05) is 6.61 Å². The highest BCUT2D eigenvalue weighted by atomic mass is 16.6. The van der Waals surface area contributed by atoms with Gasteiger partial charge in [-0.25, -0.2) is 0 Å². The van der Waals surface area contributed by atoms with Crippen molar-refractivity contribution in [3.63, 3.8) is 0 Å². The van der Waals surface area contributed by atoms with Gasteiger partial charge in [0, 0.05) is 46.1 Å². The van der Waals surface area contributed by atoms with E-state index in [1.54, 1.807) is 6.07 Å². The molecule has 0 aliphatic heterocycles. The molecule has 0 spiro atoms. The molecule has 0 unspecified atom stereocenters. The van der Waals surface area contributed by atoms with Gasteiger partial charge in [-0.3, -0.25) is 14.4 Å². The van der Waals surface area contributed by atoms with Crippen molar-refractivity contribution >= 4 is 39.3 Å². The van der Waals surface area contributed by atoms with E-state index in [2.05, 4.69) is 15.1 Å². The Kier molecular flexibility index (Phi) is 8.50. The Morgan fingerprint density at radius 3 is 2.11 bits per heavy atom. The summed E-state index contributed by atoms with van der Waals surface area (Å²) in [4.78, 5) is 44.4. The minimum Gasteiger partial charge on any atom is -0.494 e. The van der Waals surface area contributed by atoms with Crippen molar-refractivity contribution in [1.29, 1.82) is 0 Å². The number of ether oxygens (including phenoxy) is 2. The second-order valence-electron chi connectivity index (χ2n) is 13.2. The number of hydrogen-bond acceptors (Lipinski definition) is 7. The lowest BCUT2D eigenvalue weighted by Crippen LogP contribution is -2.23. The van der Waals surface area contributed by atoms with Crippen LogP contribution in [0.25, 0.3) is 21.8 Å². The zero-order chi connectivity index (χ0) is 31.6. The van der Waals surface area contributed by atoms with Crippen LogP contribution in [0.4, 0.5) is 0 Å². The van der Waals surface area contributed by atoms with Crippen LogP contribution in [0.15, 0.2) is 59.1 Å². The van der Waals surface area contributed by atoms with Crippen LogP contribution < -0.4 is 4.74 Å². The molecule has 44 heavy (non-hydrogen) atoms. The number of benzene rings is 2. The quantitative estimate of drug-likeness (QED) is 0.0951. The Morgan fingerprint density at radius 1 is 0.818 bits per heavy atom. The first-order valence-electron chi connectivity index (χ1n) is 14.8. The van der Waals surface area contributed by atoms with Crippen molar-refractivity contribution in [1.82, 2.24) is 15.1 Å². The molecule has 5 aromatic rings. The van der Waals surface area contributed by atoms with E-state index in [0.29, 0.717) is 35.9 Å². The third kappa shape index (κ3) is 7.64. The van der Waals surface area contributed by atoms with Crippen LogP contribution in [0, 0.1) is 0 Å². The molecule has 0 saturated carbocycles. The van der Waals surface area contributed by atoms with Gasteiger partial charge in [0.1, 0.15) is 22.9 Å². The molecule has 3 aromatic heterocycles. The Bertz CT molecular complexity index is 1830. The summed E-state index contributed by atoms with van der Waals surface area (Å²) in [5, 5.41) is 5.75. The van der Waals surface area contributed by atoms with Gasteiger partial charge in [-0.15, -0.1) is 0 Å². The van der Waals surface area contributed by atoms with E-state index in [4.69, 9.17) is 14.0 Å². The highest BCUT2D eigenvalue weighted by Gasteiger charge is 2.21. The average molecular weight is 598 g/mol. The molecule has 0 radical (unpaired) electrons. The number of aromatic nitrogens is 3. The Labute approximate surface area is 256 Å². The second kappa shape index (κ2) is 12.1. The first-order chi connectivity index (χ1) is 20.7. The smallest absolute Gasteiger partial charge is 0.306 e. The third-order valence-corrected chi connectivity index (χ3v) is 7.06. The SMILES string of the molecule is CC(C)(C)OC(=O)CCCOc1ccc2[nH]c(C(=O)c3cc4cc(CC(=O)Cc5cc(C(C)(C)C)on5)ccc4[nH]3)cc2c1. The number of ketones is 2. The van der Waals surface area contributed by atoms with Gasteiger partial charge in [0.2, 0.25) is 5.78 Å². The lowest BCUT2D eigenvalue weighted by atomic mass is 9.93. The summed E-state index contributed by atoms with van der Waals surface area (Å²) in [6.45, 7) is 12.0. The number of Topliss-reactive ketones (excluding diaryl/α,β-unsaturated/α-hetero) is 1. The number of aromatic amines is 2. The summed E-state index contributed by atoms with van der Waals surface area (Å²) in [7, 11) is 0. The summed E-state index contributed by atoms with van der Waals surface area (Å²) in [6.07, 6.45) is 1.29. The standard InChI is InChI=1S/C35H39N3O6/c1-34(2,3)31-20-24(38-44-31)19-25(39)15-21-9-11-27-22(14-21)17-29(36-27)33(41)30-18-23-16-26(10-12-28(23)37-30)42-13-7-8-32(40)43-35(4,5)6/h9-12,14,16-18,20,36-37H,7-8,13,15,19H2,1-6H3. The van der Waals surface area contributed by atoms with Crippen LogP contribution in [0.1, 0.15) is 87.6 Å². The summed E-state index contributed by atoms with van der Waals surface area (Å²) in [5.41, 5.74) is 3.35. The maximum atomic E-state index is 13.4. The van der Waals surface area contributed by atoms with E-state index in [1.807, 2.05) is 90.1 Å². The maximum Gasteiger partial charge on any atom is 0.306 e. The Balaban J connectivity index is 1.20. The molecule has 0 aliphatic rings. The van der Waals surface area contributed by atoms with Gasteiger partial charge in [-0.2, -0.15) is 0 Å². The topological polar surface area (TPSA) is 127 Å². The minimum absolute atomic E-state index is 0.0365. The Morgan fingerprint density at radius 2 is 1.48 bits per heavy atom. The maximum absolute atomic E-state index is 13.4. The highest BCUT2D eigenvalue weighted by molar-refractivity contribution is 6.11. The predicted molar refractivity (Wildman–Crippen MR) is 168 cm³/mol. The number of nitrogens with one attached hydrogen (secondary N) is 2. The number of carbonyl (C=O) groups excluding carboxylic acids is 3. The minimum atomic E-state index is -0.501. The fraction of sp³-hybridized carbons (Fsp3) is 0.371. The zero-order valence-electron chi connectivity index (χ0n) is 26.1. The van der Waals surface area contributed by atoms with Gasteiger partial charge in [-0.05, 0) is 75.2 Å². The van der Waals surface area contributed by atoms with Crippen LogP contribution in [-0.2, 0) is 32.6 Å². The third-order valence-electron chi connectivity index (χ3n) is 7.06. The van der Waals surface area contributed by atoms with E-state index in [1.165, 1.54) is 0 Å². The Hall–Kier alpha value is -4.66. The first kappa shape index (κ1) is 30.8. The van der Waals surface area contributed by atoms with Gasteiger partial charge in [0.15, 0.2) is 0 Å². The molecule has 0 aliphatic carbocycles. The van der Waals surface area contributed by atoms with Crippen molar-refractivity contribution in [3.05, 3.63) is 83.0 Å². The van der Waals surface area contributed by atoms with E-state index in [9.17, 15) is 14.4 Å². The number of fused-ring (bicyclic) bond motifs is 2. The van der Waals surface area contributed by atoms with Gasteiger partial charge < -0.3 is 24.0 Å². The second-order valence-corrected chi connectivity index (χ2v) is 13.2. The highest BCUT2D eigenvalue weighted by Crippen LogP contribution is 2.26.